The second-order valence-electron chi connectivity index (χ2n) is 10.2. The topological polar surface area (TPSA) is 104 Å². The molecule has 4 rings (SSSR count). The maximum atomic E-state index is 13.7. The molecule has 1 aliphatic carbocycles. The van der Waals surface area contributed by atoms with Crippen LogP contribution in [0.5, 0.6) is 5.75 Å². The first-order valence-corrected chi connectivity index (χ1v) is 16.5. The normalized spacial score (nSPS) is 15.5. The van der Waals surface area contributed by atoms with Crippen LogP contribution in [0.25, 0.3) is 0 Å². The highest BCUT2D eigenvalue weighted by atomic mass is 32.2. The van der Waals surface area contributed by atoms with Gasteiger partial charge in [0.2, 0.25) is 20.0 Å². The van der Waals surface area contributed by atoms with E-state index in [2.05, 4.69) is 0 Å². The molecular weight excluding hydrogens is 548 g/mol. The number of sulfonamides is 2. The molecule has 0 amide bonds. The van der Waals surface area contributed by atoms with Crippen molar-refractivity contribution in [2.45, 2.75) is 48.0 Å². The van der Waals surface area contributed by atoms with Crippen molar-refractivity contribution in [2.24, 2.45) is 5.92 Å². The van der Waals surface area contributed by atoms with Gasteiger partial charge in [0.05, 0.1) is 23.0 Å². The van der Waals surface area contributed by atoms with Crippen LogP contribution in [0.4, 0.5) is 0 Å². The highest BCUT2D eigenvalue weighted by Gasteiger charge is 2.33. The van der Waals surface area contributed by atoms with E-state index in [1.165, 1.54) is 40.0 Å². The summed E-state index contributed by atoms with van der Waals surface area (Å²) in [4.78, 5) is 0.236. The van der Waals surface area contributed by atoms with Crippen LogP contribution in [0.3, 0.4) is 0 Å². The molecule has 1 aliphatic rings. The van der Waals surface area contributed by atoms with Gasteiger partial charge in [0.1, 0.15) is 5.75 Å². The molecule has 1 saturated carbocycles. The Morgan fingerprint density at radius 2 is 1.30 bits per heavy atom. The average Bonchev–Trinajstić information content (AvgIpc) is 3.49. The van der Waals surface area contributed by atoms with E-state index in [1.54, 1.807) is 30.3 Å². The molecule has 216 valence electrons. The predicted octanol–water partition coefficient (Wildman–Crippen LogP) is 4.17. The third-order valence-electron chi connectivity index (χ3n) is 7.34. The van der Waals surface area contributed by atoms with E-state index in [9.17, 15) is 21.9 Å². The predicted molar refractivity (Wildman–Crippen MR) is 155 cm³/mol. The van der Waals surface area contributed by atoms with E-state index < -0.39 is 26.2 Å². The van der Waals surface area contributed by atoms with Crippen molar-refractivity contribution in [2.75, 3.05) is 33.3 Å². The number of ether oxygens (including phenoxy) is 1. The van der Waals surface area contributed by atoms with Crippen molar-refractivity contribution < 1.29 is 26.7 Å². The van der Waals surface area contributed by atoms with E-state index in [-0.39, 0.29) is 41.9 Å². The average molecular weight is 587 g/mol. The zero-order valence-electron chi connectivity index (χ0n) is 22.8. The SMILES string of the molecule is COc1ccc(S(=O)(=O)N(CC(O)CN(CCc2ccccc2)S(=O)(=O)c2ccccc2)CC2CCCC2)cc1. The molecule has 0 heterocycles. The number of benzene rings is 3. The molecule has 10 heteroatoms. The van der Waals surface area contributed by atoms with Gasteiger partial charge in [-0.3, -0.25) is 0 Å². The van der Waals surface area contributed by atoms with Crippen molar-refractivity contribution in [3.63, 3.8) is 0 Å². The van der Waals surface area contributed by atoms with Crippen LogP contribution in [0.15, 0.2) is 94.7 Å². The van der Waals surface area contributed by atoms with Crippen LogP contribution in [-0.2, 0) is 26.5 Å². The third-order valence-corrected chi connectivity index (χ3v) is 11.1. The van der Waals surface area contributed by atoms with Crippen LogP contribution >= 0.6 is 0 Å². The largest absolute Gasteiger partial charge is 0.497 e. The van der Waals surface area contributed by atoms with Crippen molar-refractivity contribution in [3.8, 4) is 5.75 Å². The van der Waals surface area contributed by atoms with Crippen molar-refractivity contribution >= 4 is 20.0 Å². The minimum Gasteiger partial charge on any atom is -0.497 e. The van der Waals surface area contributed by atoms with E-state index in [0.29, 0.717) is 12.2 Å². The van der Waals surface area contributed by atoms with E-state index in [1.807, 2.05) is 30.3 Å². The number of aliphatic hydroxyl groups is 1. The summed E-state index contributed by atoms with van der Waals surface area (Å²) < 4.78 is 62.4. The van der Waals surface area contributed by atoms with Gasteiger partial charge in [-0.25, -0.2) is 16.8 Å². The fraction of sp³-hybridized carbons (Fsp3) is 0.400. The lowest BCUT2D eigenvalue weighted by Crippen LogP contribution is -2.46. The van der Waals surface area contributed by atoms with Crippen molar-refractivity contribution in [3.05, 3.63) is 90.5 Å². The van der Waals surface area contributed by atoms with Gasteiger partial charge < -0.3 is 9.84 Å². The number of aliphatic hydroxyl groups excluding tert-OH is 1. The summed E-state index contributed by atoms with van der Waals surface area (Å²) in [6.07, 6.45) is 3.17. The lowest BCUT2D eigenvalue weighted by Gasteiger charge is -2.30. The van der Waals surface area contributed by atoms with Gasteiger partial charge >= 0.3 is 0 Å². The minimum absolute atomic E-state index is 0.108. The molecule has 0 aromatic heterocycles. The minimum atomic E-state index is -3.94. The van der Waals surface area contributed by atoms with Crippen molar-refractivity contribution in [1.29, 1.82) is 0 Å². The zero-order chi connectivity index (χ0) is 28.6. The molecule has 8 nitrogen and oxygen atoms in total. The molecule has 3 aromatic rings. The molecular formula is C30H38N2O6S2. The molecule has 0 aliphatic heterocycles. The van der Waals surface area contributed by atoms with Crippen molar-refractivity contribution in [1.82, 2.24) is 8.61 Å². The van der Waals surface area contributed by atoms with Gasteiger partial charge in [-0.1, -0.05) is 61.4 Å². The quantitative estimate of drug-likeness (QED) is 0.304. The zero-order valence-corrected chi connectivity index (χ0v) is 24.4. The maximum Gasteiger partial charge on any atom is 0.243 e. The Balaban J connectivity index is 1.57. The number of rotatable bonds is 14. The Morgan fingerprint density at radius 1 is 0.775 bits per heavy atom. The van der Waals surface area contributed by atoms with Gasteiger partial charge in [0.15, 0.2) is 0 Å². The molecule has 1 fully saturated rings. The second kappa shape index (κ2) is 13.7. The molecule has 0 bridgehead atoms. The fourth-order valence-electron chi connectivity index (χ4n) is 5.13. The molecule has 3 aromatic carbocycles. The highest BCUT2D eigenvalue weighted by molar-refractivity contribution is 7.89. The summed E-state index contributed by atoms with van der Waals surface area (Å²) in [5.41, 5.74) is 0.968. The Hall–Kier alpha value is -2.76. The third kappa shape index (κ3) is 7.70. The summed E-state index contributed by atoms with van der Waals surface area (Å²) in [6, 6.07) is 23.8. The Bertz CT molecular complexity index is 1410. The lowest BCUT2D eigenvalue weighted by molar-refractivity contribution is 0.118. The molecule has 40 heavy (non-hydrogen) atoms. The molecule has 1 unspecified atom stereocenters. The van der Waals surface area contributed by atoms with Gasteiger partial charge in [-0.05, 0) is 67.1 Å². The first-order chi connectivity index (χ1) is 19.2. The first-order valence-electron chi connectivity index (χ1n) is 13.6. The molecule has 0 saturated heterocycles. The van der Waals surface area contributed by atoms with Crippen LogP contribution in [-0.4, -0.2) is 69.9 Å². The van der Waals surface area contributed by atoms with Gasteiger partial charge in [-0.15, -0.1) is 0 Å². The molecule has 0 radical (unpaired) electrons. The summed E-state index contributed by atoms with van der Waals surface area (Å²) in [6.45, 7) is -0.0204. The summed E-state index contributed by atoms with van der Waals surface area (Å²) in [5, 5.41) is 11.2. The molecule has 1 N–H and O–H groups in total. The summed E-state index contributed by atoms with van der Waals surface area (Å²) >= 11 is 0. The fourth-order valence-corrected chi connectivity index (χ4v) is 8.18. The smallest absolute Gasteiger partial charge is 0.243 e. The standard InChI is InChI=1S/C30H38N2O6S2/c1-38-28-16-18-30(19-17-28)40(36,37)32(22-26-12-8-9-13-26)24-27(33)23-31(21-20-25-10-4-2-5-11-25)39(34,35)29-14-6-3-7-15-29/h2-7,10-11,14-19,26-27,33H,8-9,12-13,20-24H2,1H3. The van der Waals surface area contributed by atoms with Crippen LogP contribution in [0.2, 0.25) is 0 Å². The first kappa shape index (κ1) is 30.2. The maximum absolute atomic E-state index is 13.7. The number of nitrogens with zero attached hydrogens (tertiary/aromatic N) is 2. The highest BCUT2D eigenvalue weighted by Crippen LogP contribution is 2.29. The number of methoxy groups -OCH3 is 1. The van der Waals surface area contributed by atoms with E-state index >= 15 is 0 Å². The number of hydrogen-bond acceptors (Lipinski definition) is 6. The summed E-state index contributed by atoms with van der Waals surface area (Å²) in [5.74, 6) is 0.740. The number of hydrogen-bond donors (Lipinski definition) is 1. The molecule has 0 spiro atoms. The van der Waals surface area contributed by atoms with Crippen LogP contribution in [0, 0.1) is 5.92 Å². The Morgan fingerprint density at radius 3 is 1.90 bits per heavy atom. The van der Waals surface area contributed by atoms with Gasteiger partial charge in [-0.2, -0.15) is 8.61 Å². The monoisotopic (exact) mass is 586 g/mol. The molecule has 1 atom stereocenters. The van der Waals surface area contributed by atoms with E-state index in [4.69, 9.17) is 4.74 Å². The second-order valence-corrected chi connectivity index (χ2v) is 14.1. The van der Waals surface area contributed by atoms with Crippen LogP contribution in [0.1, 0.15) is 31.2 Å². The Kier molecular flexibility index (Phi) is 10.4. The lowest BCUT2D eigenvalue weighted by atomic mass is 10.1. The van der Waals surface area contributed by atoms with Crippen LogP contribution < -0.4 is 4.74 Å². The van der Waals surface area contributed by atoms with Gasteiger partial charge in [0.25, 0.3) is 0 Å². The van der Waals surface area contributed by atoms with E-state index in [0.717, 1.165) is 31.2 Å². The Labute approximate surface area is 238 Å². The summed E-state index contributed by atoms with van der Waals surface area (Å²) in [7, 11) is -6.35. The van der Waals surface area contributed by atoms with Gasteiger partial charge in [0, 0.05) is 26.2 Å².